The number of amides is 1. The van der Waals surface area contributed by atoms with Gasteiger partial charge >= 0.3 is 0 Å². The molecule has 0 saturated heterocycles. The smallest absolute Gasteiger partial charge is 0.221 e. The summed E-state index contributed by atoms with van der Waals surface area (Å²) >= 11 is 11.5. The molecule has 1 rings (SSSR count). The van der Waals surface area contributed by atoms with Gasteiger partial charge in [-0.3, -0.25) is 4.79 Å². The Balaban J connectivity index is 2.65. The predicted molar refractivity (Wildman–Crippen MR) is 63.3 cm³/mol. The molecule has 4 heteroatoms. The van der Waals surface area contributed by atoms with Crippen LogP contribution in [0.5, 0.6) is 0 Å². The van der Waals surface area contributed by atoms with Gasteiger partial charge in [0.25, 0.3) is 0 Å². The zero-order chi connectivity index (χ0) is 11.3. The van der Waals surface area contributed by atoms with Crippen molar-refractivity contribution in [3.05, 3.63) is 34.9 Å². The van der Waals surface area contributed by atoms with Gasteiger partial charge in [0.15, 0.2) is 0 Å². The molecule has 1 N–H and O–H groups in total. The highest BCUT2D eigenvalue weighted by Crippen LogP contribution is 2.21. The molecule has 0 aliphatic heterocycles. The van der Waals surface area contributed by atoms with Gasteiger partial charge in [0.1, 0.15) is 0 Å². The predicted octanol–water partition coefficient (Wildman–Crippen LogP) is 3.15. The maximum Gasteiger partial charge on any atom is 0.221 e. The van der Waals surface area contributed by atoms with Gasteiger partial charge in [0, 0.05) is 17.3 Å². The third-order valence-electron chi connectivity index (χ3n) is 2.07. The number of benzene rings is 1. The van der Waals surface area contributed by atoms with E-state index in [2.05, 4.69) is 5.32 Å². The van der Waals surface area contributed by atoms with Crippen LogP contribution >= 0.6 is 23.2 Å². The molecule has 1 aromatic carbocycles. The van der Waals surface area contributed by atoms with Gasteiger partial charge in [-0.2, -0.15) is 0 Å². The first-order valence-electron chi connectivity index (χ1n) is 4.75. The first kappa shape index (κ1) is 12.3. The average Bonchev–Trinajstić information content (AvgIpc) is 2.18. The molecule has 0 heterocycles. The summed E-state index contributed by atoms with van der Waals surface area (Å²) in [5.74, 6) is 0.276. The molecular formula is C11H13Cl2NO. The first-order chi connectivity index (χ1) is 7.15. The lowest BCUT2D eigenvalue weighted by Crippen LogP contribution is -2.26. The molecule has 1 aromatic rings. The van der Waals surface area contributed by atoms with E-state index in [-0.39, 0.29) is 11.9 Å². The number of carbonyl (C=O) groups excluding carboxylic acids is 1. The lowest BCUT2D eigenvalue weighted by Gasteiger charge is -2.15. The highest BCUT2D eigenvalue weighted by atomic mass is 35.5. The summed E-state index contributed by atoms with van der Waals surface area (Å²) in [7, 11) is 0. The number of alkyl halides is 1. The lowest BCUT2D eigenvalue weighted by molar-refractivity contribution is -0.121. The molecule has 0 fully saturated rings. The van der Waals surface area contributed by atoms with Crippen LogP contribution < -0.4 is 5.32 Å². The van der Waals surface area contributed by atoms with Crippen molar-refractivity contribution in [1.82, 2.24) is 5.32 Å². The van der Waals surface area contributed by atoms with Gasteiger partial charge in [-0.1, -0.05) is 29.8 Å². The minimum atomic E-state index is -0.0885. The van der Waals surface area contributed by atoms with Crippen LogP contribution in [0.15, 0.2) is 24.3 Å². The van der Waals surface area contributed by atoms with Crippen LogP contribution in [-0.2, 0) is 4.79 Å². The number of carbonyl (C=O) groups is 1. The van der Waals surface area contributed by atoms with Gasteiger partial charge in [0.05, 0.1) is 6.04 Å². The quantitative estimate of drug-likeness (QED) is 0.812. The van der Waals surface area contributed by atoms with E-state index in [1.807, 2.05) is 25.1 Å². The van der Waals surface area contributed by atoms with Crippen molar-refractivity contribution < 1.29 is 4.79 Å². The number of hydrogen-bond acceptors (Lipinski definition) is 1. The van der Waals surface area contributed by atoms with Crippen LogP contribution in [0.3, 0.4) is 0 Å². The van der Waals surface area contributed by atoms with Crippen LogP contribution in [-0.4, -0.2) is 11.8 Å². The second-order valence-electron chi connectivity index (χ2n) is 3.25. The van der Waals surface area contributed by atoms with E-state index in [0.29, 0.717) is 17.3 Å². The number of hydrogen-bond donors (Lipinski definition) is 1. The lowest BCUT2D eigenvalue weighted by atomic mass is 10.1. The zero-order valence-corrected chi connectivity index (χ0v) is 9.98. The standard InChI is InChI=1S/C11H13Cl2NO/c1-8(14-11(15)6-7-12)9-4-2-3-5-10(9)13/h2-5,8H,6-7H2,1H3,(H,14,15)/t8-/m0/s1. The molecule has 0 aliphatic rings. The molecular weight excluding hydrogens is 233 g/mol. The summed E-state index contributed by atoms with van der Waals surface area (Å²) < 4.78 is 0. The van der Waals surface area contributed by atoms with Crippen molar-refractivity contribution in [3.8, 4) is 0 Å². The van der Waals surface area contributed by atoms with Gasteiger partial charge in [-0.05, 0) is 18.6 Å². The van der Waals surface area contributed by atoms with Crippen molar-refractivity contribution in [1.29, 1.82) is 0 Å². The average molecular weight is 246 g/mol. The van der Waals surface area contributed by atoms with Crippen LogP contribution in [0, 0.1) is 0 Å². The first-order valence-corrected chi connectivity index (χ1v) is 5.66. The molecule has 0 radical (unpaired) electrons. The molecule has 0 aliphatic carbocycles. The van der Waals surface area contributed by atoms with Crippen molar-refractivity contribution in [2.75, 3.05) is 5.88 Å². The second-order valence-corrected chi connectivity index (χ2v) is 4.03. The Hall–Kier alpha value is -0.730. The molecule has 82 valence electrons. The molecule has 15 heavy (non-hydrogen) atoms. The summed E-state index contributed by atoms with van der Waals surface area (Å²) in [4.78, 5) is 11.3. The Morgan fingerprint density at radius 2 is 2.13 bits per heavy atom. The summed E-state index contributed by atoms with van der Waals surface area (Å²) in [6.07, 6.45) is 0.330. The van der Waals surface area contributed by atoms with Crippen molar-refractivity contribution in [3.63, 3.8) is 0 Å². The Bertz CT molecular complexity index is 341. The maximum atomic E-state index is 11.3. The van der Waals surface area contributed by atoms with E-state index < -0.39 is 0 Å². The molecule has 1 atom stereocenters. The van der Waals surface area contributed by atoms with Gasteiger partial charge in [0.2, 0.25) is 5.91 Å². The van der Waals surface area contributed by atoms with Crippen molar-refractivity contribution in [2.24, 2.45) is 0 Å². The monoisotopic (exact) mass is 245 g/mol. The van der Waals surface area contributed by atoms with Crippen LogP contribution in [0.4, 0.5) is 0 Å². The van der Waals surface area contributed by atoms with Crippen LogP contribution in [0.1, 0.15) is 24.9 Å². The van der Waals surface area contributed by atoms with Gasteiger partial charge in [-0.15, -0.1) is 11.6 Å². The van der Waals surface area contributed by atoms with Crippen molar-refractivity contribution in [2.45, 2.75) is 19.4 Å². The maximum absolute atomic E-state index is 11.3. The van der Waals surface area contributed by atoms with E-state index in [1.54, 1.807) is 6.07 Å². The fourth-order valence-corrected chi connectivity index (χ4v) is 1.77. The minimum Gasteiger partial charge on any atom is -0.349 e. The molecule has 0 aromatic heterocycles. The Morgan fingerprint density at radius 3 is 2.73 bits per heavy atom. The van der Waals surface area contributed by atoms with Crippen LogP contribution in [0.2, 0.25) is 5.02 Å². The number of rotatable bonds is 4. The fourth-order valence-electron chi connectivity index (χ4n) is 1.30. The van der Waals surface area contributed by atoms with E-state index >= 15 is 0 Å². The van der Waals surface area contributed by atoms with Gasteiger partial charge in [-0.25, -0.2) is 0 Å². The van der Waals surface area contributed by atoms with Crippen molar-refractivity contribution >= 4 is 29.1 Å². The highest BCUT2D eigenvalue weighted by Gasteiger charge is 2.11. The highest BCUT2D eigenvalue weighted by molar-refractivity contribution is 6.31. The number of nitrogens with one attached hydrogen (secondary N) is 1. The van der Waals surface area contributed by atoms with E-state index in [9.17, 15) is 4.79 Å². The summed E-state index contributed by atoms with van der Waals surface area (Å²) in [6.45, 7) is 1.90. The molecule has 0 unspecified atom stereocenters. The Morgan fingerprint density at radius 1 is 1.47 bits per heavy atom. The molecule has 2 nitrogen and oxygen atoms in total. The van der Waals surface area contributed by atoms with E-state index in [4.69, 9.17) is 23.2 Å². The molecule has 0 spiro atoms. The Kier molecular flexibility index (Phi) is 4.92. The third kappa shape index (κ3) is 3.73. The van der Waals surface area contributed by atoms with E-state index in [1.165, 1.54) is 0 Å². The SMILES string of the molecule is C[C@H](NC(=O)CCCl)c1ccccc1Cl. The van der Waals surface area contributed by atoms with Gasteiger partial charge < -0.3 is 5.32 Å². The summed E-state index contributed by atoms with van der Waals surface area (Å²) in [5.41, 5.74) is 0.919. The summed E-state index contributed by atoms with van der Waals surface area (Å²) in [5, 5.41) is 3.49. The van der Waals surface area contributed by atoms with E-state index in [0.717, 1.165) is 5.56 Å². The second kappa shape index (κ2) is 5.99. The minimum absolute atomic E-state index is 0.0579. The normalized spacial score (nSPS) is 12.2. The topological polar surface area (TPSA) is 29.1 Å². The molecule has 1 amide bonds. The zero-order valence-electron chi connectivity index (χ0n) is 8.47. The fraction of sp³-hybridized carbons (Fsp3) is 0.364. The number of halogens is 2. The molecule has 0 saturated carbocycles. The third-order valence-corrected chi connectivity index (χ3v) is 2.60. The summed E-state index contributed by atoms with van der Waals surface area (Å²) in [6, 6.07) is 7.37. The Labute approximate surface area is 99.6 Å². The van der Waals surface area contributed by atoms with Crippen LogP contribution in [0.25, 0.3) is 0 Å². The molecule has 0 bridgehead atoms. The largest absolute Gasteiger partial charge is 0.349 e.